The number of aliphatic hydroxyl groups is 5. The fraction of sp³-hybridized carbons (Fsp3) is 1.00. The molecule has 0 aromatic heterocycles. The van der Waals surface area contributed by atoms with Gasteiger partial charge in [0.25, 0.3) is 0 Å². The van der Waals surface area contributed by atoms with Crippen LogP contribution in [0.2, 0.25) is 0 Å². The lowest BCUT2D eigenvalue weighted by Gasteiger charge is -2.37. The first kappa shape index (κ1) is 16.7. The van der Waals surface area contributed by atoms with Gasteiger partial charge in [-0.1, -0.05) is 0 Å². The zero-order valence-corrected chi connectivity index (χ0v) is 10.9. The lowest BCUT2D eigenvalue weighted by molar-refractivity contribution is -0.286. The first-order valence-electron chi connectivity index (χ1n) is 5.68. The fourth-order valence-electron chi connectivity index (χ4n) is 1.61. The molecule has 1 unspecified atom stereocenters. The second kappa shape index (κ2) is 6.90. The number of hydrogen-bond acceptors (Lipinski definition) is 9. The Morgan fingerprint density at radius 3 is 2.11 bits per heavy atom. The van der Waals surface area contributed by atoms with Crippen LogP contribution in [0.25, 0.3) is 0 Å². The van der Waals surface area contributed by atoms with Crippen LogP contribution in [0, 0.1) is 0 Å². The Labute approximate surface area is 110 Å². The number of rotatable bonds is 1. The second-order valence-electron chi connectivity index (χ2n) is 4.31. The van der Waals surface area contributed by atoms with Crippen molar-refractivity contribution in [3.05, 3.63) is 0 Å². The van der Waals surface area contributed by atoms with Crippen molar-refractivity contribution in [2.45, 2.75) is 30.7 Å². The highest BCUT2D eigenvalue weighted by molar-refractivity contribution is 7.91. The highest BCUT2D eigenvalue weighted by atomic mass is 32.2. The van der Waals surface area contributed by atoms with Crippen molar-refractivity contribution in [2.24, 2.45) is 0 Å². The molecule has 5 atom stereocenters. The Bertz CT molecular complexity index is 358. The molecule has 0 aromatic carbocycles. The molecule has 0 spiro atoms. The molecule has 114 valence electrons. The minimum atomic E-state index is -2.66. The van der Waals surface area contributed by atoms with E-state index in [2.05, 4.69) is 10.1 Å². The molecule has 6 N–H and O–H groups in total. The molecule has 2 saturated heterocycles. The molecule has 19 heavy (non-hydrogen) atoms. The number of hydrogen-bond donors (Lipinski definition) is 6. The Morgan fingerprint density at radius 2 is 1.74 bits per heavy atom. The van der Waals surface area contributed by atoms with E-state index in [0.717, 1.165) is 0 Å². The molecule has 2 aliphatic rings. The summed E-state index contributed by atoms with van der Waals surface area (Å²) in [6.45, 7) is 0.102. The van der Waals surface area contributed by atoms with E-state index < -0.39 is 47.2 Å². The van der Waals surface area contributed by atoms with Crippen molar-refractivity contribution >= 4 is 9.84 Å². The third-order valence-corrected chi connectivity index (χ3v) is 4.25. The van der Waals surface area contributed by atoms with Crippen molar-refractivity contribution in [3.8, 4) is 0 Å². The summed E-state index contributed by atoms with van der Waals surface area (Å²) in [6, 6.07) is 0. The minimum absolute atomic E-state index is 0.174. The highest BCUT2D eigenvalue weighted by Gasteiger charge is 2.42. The van der Waals surface area contributed by atoms with Gasteiger partial charge in [0.15, 0.2) is 16.1 Å². The zero-order chi connectivity index (χ0) is 14.6. The molecule has 2 aliphatic heterocycles. The van der Waals surface area contributed by atoms with E-state index in [1.807, 2.05) is 0 Å². The predicted octanol–water partition coefficient (Wildman–Crippen LogP) is -4.26. The molecular formula is C9H19NO8S. The molecule has 0 bridgehead atoms. The standard InChI is InChI=1S/C6H12O6.C3H7NO2S/c7-1-2-3(8)4(9)5(10)6(11)12-2;5-7(6)2-1-4-3-7/h2-11H,1H2;4H,1-3H2/t2-,3-,4+,5-,6?;/m1./s1. The Hall–Kier alpha value is -0.330. The molecular weight excluding hydrogens is 282 g/mol. The van der Waals surface area contributed by atoms with Gasteiger partial charge in [-0.05, 0) is 0 Å². The molecule has 0 radical (unpaired) electrons. The van der Waals surface area contributed by atoms with E-state index in [1.54, 1.807) is 0 Å². The van der Waals surface area contributed by atoms with Crippen LogP contribution in [0.3, 0.4) is 0 Å². The monoisotopic (exact) mass is 301 g/mol. The molecule has 2 rings (SSSR count). The molecule has 0 saturated carbocycles. The third-order valence-electron chi connectivity index (χ3n) is 2.78. The van der Waals surface area contributed by atoms with E-state index in [0.29, 0.717) is 12.3 Å². The van der Waals surface area contributed by atoms with Crippen LogP contribution in [0.15, 0.2) is 0 Å². The highest BCUT2D eigenvalue weighted by Crippen LogP contribution is 2.18. The van der Waals surface area contributed by atoms with Gasteiger partial charge in [0.1, 0.15) is 24.4 Å². The van der Waals surface area contributed by atoms with E-state index in [4.69, 9.17) is 25.5 Å². The van der Waals surface area contributed by atoms with Gasteiger partial charge in [-0.15, -0.1) is 0 Å². The summed E-state index contributed by atoms with van der Waals surface area (Å²) in [5.74, 6) is 0.486. The quantitative estimate of drug-likeness (QED) is 0.282. The zero-order valence-electron chi connectivity index (χ0n) is 10.1. The van der Waals surface area contributed by atoms with Crippen molar-refractivity contribution in [2.75, 3.05) is 24.8 Å². The topological polar surface area (TPSA) is 157 Å². The smallest absolute Gasteiger partial charge is 0.184 e. The molecule has 9 nitrogen and oxygen atoms in total. The van der Waals surface area contributed by atoms with Crippen LogP contribution in [0.4, 0.5) is 0 Å². The second-order valence-corrected chi connectivity index (χ2v) is 6.50. The molecule has 10 heteroatoms. The van der Waals surface area contributed by atoms with Gasteiger partial charge in [0.05, 0.1) is 18.2 Å². The van der Waals surface area contributed by atoms with Gasteiger partial charge >= 0.3 is 0 Å². The number of ether oxygens (including phenoxy) is 1. The van der Waals surface area contributed by atoms with Crippen LogP contribution in [-0.4, -0.2) is 89.4 Å². The van der Waals surface area contributed by atoms with Crippen LogP contribution < -0.4 is 5.32 Å². The van der Waals surface area contributed by atoms with Crippen LogP contribution in [0.1, 0.15) is 0 Å². The van der Waals surface area contributed by atoms with E-state index in [-0.39, 0.29) is 5.88 Å². The number of sulfone groups is 1. The van der Waals surface area contributed by atoms with Crippen LogP contribution in [-0.2, 0) is 14.6 Å². The fourth-order valence-corrected chi connectivity index (χ4v) is 2.66. The largest absolute Gasteiger partial charge is 0.394 e. The predicted molar refractivity (Wildman–Crippen MR) is 62.6 cm³/mol. The first-order chi connectivity index (χ1) is 8.78. The average Bonchev–Trinajstić information content (AvgIpc) is 2.76. The molecule has 2 fully saturated rings. The SMILES string of the molecule is O=S1(=O)CCNC1.OC[C@H]1OC(O)[C@H](O)[C@@H](O)[C@@H]1O. The van der Waals surface area contributed by atoms with Gasteiger partial charge in [-0.3, -0.25) is 0 Å². The third kappa shape index (κ3) is 4.61. The summed E-state index contributed by atoms with van der Waals surface area (Å²) in [5, 5.41) is 47.4. The Kier molecular flexibility index (Phi) is 6.08. The molecule has 0 aromatic rings. The lowest BCUT2D eigenvalue weighted by atomic mass is 10.00. The summed E-state index contributed by atoms with van der Waals surface area (Å²) in [6.07, 6.45) is -7.04. The van der Waals surface area contributed by atoms with Gasteiger partial charge in [-0.2, -0.15) is 0 Å². The average molecular weight is 301 g/mol. The summed E-state index contributed by atoms with van der Waals surface area (Å²) in [7, 11) is -2.66. The number of nitrogens with one attached hydrogen (secondary N) is 1. The van der Waals surface area contributed by atoms with Crippen molar-refractivity contribution in [1.29, 1.82) is 0 Å². The molecule has 0 aliphatic carbocycles. The van der Waals surface area contributed by atoms with Gasteiger partial charge in [0, 0.05) is 6.54 Å². The summed E-state index contributed by atoms with van der Waals surface area (Å²) in [5.41, 5.74) is 0. The minimum Gasteiger partial charge on any atom is -0.394 e. The normalized spacial score (nSPS) is 41.4. The maximum Gasteiger partial charge on any atom is 0.184 e. The van der Waals surface area contributed by atoms with E-state index in [9.17, 15) is 8.42 Å². The Morgan fingerprint density at radius 1 is 1.11 bits per heavy atom. The van der Waals surface area contributed by atoms with Crippen LogP contribution in [0.5, 0.6) is 0 Å². The first-order valence-corrected chi connectivity index (χ1v) is 7.50. The Balaban J connectivity index is 0.000000218. The maximum absolute atomic E-state index is 10.4. The van der Waals surface area contributed by atoms with E-state index in [1.165, 1.54) is 0 Å². The molecule has 0 amide bonds. The maximum atomic E-state index is 10.4. The van der Waals surface area contributed by atoms with Gasteiger partial charge < -0.3 is 35.6 Å². The van der Waals surface area contributed by atoms with Crippen molar-refractivity contribution in [3.63, 3.8) is 0 Å². The van der Waals surface area contributed by atoms with Gasteiger partial charge in [0.2, 0.25) is 0 Å². The number of aliphatic hydroxyl groups excluding tert-OH is 5. The summed E-state index contributed by atoms with van der Waals surface area (Å²) in [4.78, 5) is 0. The van der Waals surface area contributed by atoms with Gasteiger partial charge in [-0.25, -0.2) is 8.42 Å². The van der Waals surface area contributed by atoms with Crippen molar-refractivity contribution in [1.82, 2.24) is 5.32 Å². The van der Waals surface area contributed by atoms with Crippen LogP contribution >= 0.6 is 0 Å². The summed E-state index contributed by atoms with van der Waals surface area (Å²) >= 11 is 0. The van der Waals surface area contributed by atoms with Crippen molar-refractivity contribution < 1.29 is 38.7 Å². The van der Waals surface area contributed by atoms with E-state index >= 15 is 0 Å². The summed E-state index contributed by atoms with van der Waals surface area (Å²) < 4.78 is 25.3. The molecule has 2 heterocycles. The lowest BCUT2D eigenvalue weighted by Crippen LogP contribution is -2.58.